The third-order valence-electron chi connectivity index (χ3n) is 6.38. The highest BCUT2D eigenvalue weighted by atomic mass is 32.2. The van der Waals surface area contributed by atoms with E-state index in [1.54, 1.807) is 4.90 Å². The molecular formula is C21H27F2N3O5S. The first-order chi connectivity index (χ1) is 15.1. The smallest absolute Gasteiger partial charge is 0.414 e. The second kappa shape index (κ2) is 8.49. The lowest BCUT2D eigenvalue weighted by atomic mass is 9.81. The van der Waals surface area contributed by atoms with Gasteiger partial charge in [0.05, 0.1) is 30.3 Å². The molecule has 176 valence electrons. The van der Waals surface area contributed by atoms with Gasteiger partial charge in [0, 0.05) is 37.1 Å². The van der Waals surface area contributed by atoms with Crippen molar-refractivity contribution in [2.24, 2.45) is 5.41 Å². The van der Waals surface area contributed by atoms with E-state index in [0.717, 1.165) is 17.0 Å². The molecule has 0 aromatic heterocycles. The Balaban J connectivity index is 1.41. The second-order valence-corrected chi connectivity index (χ2v) is 11.0. The van der Waals surface area contributed by atoms with Crippen molar-refractivity contribution in [3.63, 3.8) is 0 Å². The van der Waals surface area contributed by atoms with Gasteiger partial charge in [-0.2, -0.15) is 0 Å². The van der Waals surface area contributed by atoms with Crippen molar-refractivity contribution in [1.29, 1.82) is 0 Å². The average molecular weight is 472 g/mol. The van der Waals surface area contributed by atoms with Crippen LogP contribution < -0.4 is 15.1 Å². The molecule has 0 radical (unpaired) electrons. The molecule has 32 heavy (non-hydrogen) atoms. The number of ether oxygens (including phenoxy) is 1. The van der Waals surface area contributed by atoms with Gasteiger partial charge in [-0.15, -0.1) is 0 Å². The summed E-state index contributed by atoms with van der Waals surface area (Å²) >= 11 is 0. The number of amides is 2. The maximum atomic E-state index is 14.9. The van der Waals surface area contributed by atoms with Crippen LogP contribution >= 0.6 is 0 Å². The van der Waals surface area contributed by atoms with Crippen molar-refractivity contribution < 1.29 is 31.5 Å². The van der Waals surface area contributed by atoms with Gasteiger partial charge in [0.2, 0.25) is 5.91 Å². The molecule has 2 amide bonds. The standard InChI is InChI=1S/C21H27F2N3O5S/c1-2-3-18(27)24-10-15-11-26(20(28)31-15)14-8-16(22)19(17(23)9-14)25-6-4-21(5-7-25)12-32(29,30)13-21/h8-9,15H,2-7,10-13H2,1H3,(H,24,27). The van der Waals surface area contributed by atoms with Crippen molar-refractivity contribution in [2.45, 2.75) is 38.7 Å². The summed E-state index contributed by atoms with van der Waals surface area (Å²) in [5.41, 5.74) is -0.375. The number of cyclic esters (lactones) is 1. The summed E-state index contributed by atoms with van der Waals surface area (Å²) in [6.45, 7) is 2.82. The Morgan fingerprint density at radius 1 is 1.22 bits per heavy atom. The molecule has 3 aliphatic rings. The Labute approximate surface area is 185 Å². The van der Waals surface area contributed by atoms with Gasteiger partial charge in [-0.25, -0.2) is 22.0 Å². The van der Waals surface area contributed by atoms with E-state index in [9.17, 15) is 26.8 Å². The fourth-order valence-electron chi connectivity index (χ4n) is 4.78. The van der Waals surface area contributed by atoms with Crippen LogP contribution in [0.2, 0.25) is 0 Å². The van der Waals surface area contributed by atoms with Gasteiger partial charge in [-0.1, -0.05) is 6.92 Å². The van der Waals surface area contributed by atoms with Crippen LogP contribution in [0.5, 0.6) is 0 Å². The first-order valence-corrected chi connectivity index (χ1v) is 12.6. The molecule has 3 saturated heterocycles. The van der Waals surface area contributed by atoms with E-state index >= 15 is 0 Å². The molecule has 1 atom stereocenters. The summed E-state index contributed by atoms with van der Waals surface area (Å²) in [5, 5.41) is 2.68. The normalized spacial score (nSPS) is 23.7. The largest absolute Gasteiger partial charge is 0.442 e. The number of benzene rings is 1. The first-order valence-electron chi connectivity index (χ1n) is 10.8. The topological polar surface area (TPSA) is 96.0 Å². The Kier molecular flexibility index (Phi) is 6.04. The van der Waals surface area contributed by atoms with E-state index < -0.39 is 33.7 Å². The Bertz CT molecular complexity index is 987. The van der Waals surface area contributed by atoms with Crippen LogP contribution in [0.1, 0.15) is 32.6 Å². The van der Waals surface area contributed by atoms with E-state index in [-0.39, 0.29) is 47.3 Å². The Morgan fingerprint density at radius 2 is 1.84 bits per heavy atom. The number of hydrogen-bond acceptors (Lipinski definition) is 6. The summed E-state index contributed by atoms with van der Waals surface area (Å²) in [6, 6.07) is 2.21. The monoisotopic (exact) mass is 471 g/mol. The molecule has 8 nitrogen and oxygen atoms in total. The third-order valence-corrected chi connectivity index (χ3v) is 8.49. The van der Waals surface area contributed by atoms with Gasteiger partial charge in [0.25, 0.3) is 0 Å². The molecular weight excluding hydrogens is 444 g/mol. The highest BCUT2D eigenvalue weighted by Crippen LogP contribution is 2.44. The second-order valence-electron chi connectivity index (χ2n) is 8.95. The molecule has 4 rings (SSSR count). The van der Waals surface area contributed by atoms with Crippen LogP contribution in [0.15, 0.2) is 12.1 Å². The van der Waals surface area contributed by atoms with Gasteiger partial charge >= 0.3 is 6.09 Å². The van der Waals surface area contributed by atoms with E-state index in [1.165, 1.54) is 0 Å². The van der Waals surface area contributed by atoms with Crippen LogP contribution in [0.4, 0.5) is 25.0 Å². The van der Waals surface area contributed by atoms with E-state index in [2.05, 4.69) is 5.32 Å². The molecule has 3 fully saturated rings. The number of nitrogens with one attached hydrogen (secondary N) is 1. The molecule has 0 bridgehead atoms. The van der Waals surface area contributed by atoms with Gasteiger partial charge in [0.15, 0.2) is 21.5 Å². The molecule has 1 N–H and O–H groups in total. The van der Waals surface area contributed by atoms with Crippen LogP contribution in [0, 0.1) is 17.0 Å². The highest BCUT2D eigenvalue weighted by molar-refractivity contribution is 7.92. The zero-order chi connectivity index (χ0) is 23.1. The SMILES string of the molecule is CCCC(=O)NCC1CN(c2cc(F)c(N3CCC4(CC3)CS(=O)(=O)C4)c(F)c2)C(=O)O1. The number of rotatable bonds is 6. The van der Waals surface area contributed by atoms with Crippen LogP contribution in [-0.4, -0.2) is 64.2 Å². The number of hydrogen-bond donors (Lipinski definition) is 1. The predicted molar refractivity (Wildman–Crippen MR) is 114 cm³/mol. The maximum Gasteiger partial charge on any atom is 0.414 e. The zero-order valence-electron chi connectivity index (χ0n) is 17.9. The maximum absolute atomic E-state index is 14.9. The van der Waals surface area contributed by atoms with Crippen LogP contribution in [0.25, 0.3) is 0 Å². The molecule has 3 heterocycles. The lowest BCUT2D eigenvalue weighted by Gasteiger charge is -2.47. The van der Waals surface area contributed by atoms with Crippen molar-refractivity contribution in [3.8, 4) is 0 Å². The molecule has 0 aliphatic carbocycles. The fourth-order valence-corrected chi connectivity index (χ4v) is 7.13. The van der Waals surface area contributed by atoms with Crippen LogP contribution in [-0.2, 0) is 19.4 Å². The summed E-state index contributed by atoms with van der Waals surface area (Å²) in [5.74, 6) is -1.43. The molecule has 1 unspecified atom stereocenters. The summed E-state index contributed by atoms with van der Waals surface area (Å²) < 4.78 is 58.1. The number of piperidine rings is 1. The average Bonchev–Trinajstić information content (AvgIpc) is 3.07. The van der Waals surface area contributed by atoms with Crippen LogP contribution in [0.3, 0.4) is 0 Å². The quantitative estimate of drug-likeness (QED) is 0.684. The Morgan fingerprint density at radius 3 is 2.41 bits per heavy atom. The molecule has 1 spiro atoms. The summed E-state index contributed by atoms with van der Waals surface area (Å²) in [7, 11) is -2.96. The van der Waals surface area contributed by atoms with Crippen molar-refractivity contribution in [1.82, 2.24) is 5.32 Å². The lowest BCUT2D eigenvalue weighted by molar-refractivity contribution is -0.121. The van der Waals surface area contributed by atoms with E-state index in [0.29, 0.717) is 38.8 Å². The molecule has 1 aromatic rings. The fraction of sp³-hybridized carbons (Fsp3) is 0.619. The minimum Gasteiger partial charge on any atom is -0.442 e. The van der Waals surface area contributed by atoms with E-state index in [1.807, 2.05) is 6.92 Å². The van der Waals surface area contributed by atoms with Gasteiger partial charge in [-0.3, -0.25) is 9.69 Å². The van der Waals surface area contributed by atoms with Gasteiger partial charge < -0.3 is 15.0 Å². The van der Waals surface area contributed by atoms with Gasteiger partial charge in [0.1, 0.15) is 11.8 Å². The number of carbonyl (C=O) groups is 2. The number of halogens is 2. The molecule has 11 heteroatoms. The highest BCUT2D eigenvalue weighted by Gasteiger charge is 2.49. The number of carbonyl (C=O) groups excluding carboxylic acids is 2. The van der Waals surface area contributed by atoms with Crippen molar-refractivity contribution in [2.75, 3.05) is 47.5 Å². The van der Waals surface area contributed by atoms with Crippen molar-refractivity contribution in [3.05, 3.63) is 23.8 Å². The first kappa shape index (κ1) is 22.8. The lowest BCUT2D eigenvalue weighted by Crippen LogP contribution is -2.54. The number of sulfone groups is 1. The minimum atomic E-state index is -2.96. The summed E-state index contributed by atoms with van der Waals surface area (Å²) in [6.07, 6.45) is 0.872. The Hall–Kier alpha value is -2.43. The van der Waals surface area contributed by atoms with E-state index in [4.69, 9.17) is 4.74 Å². The minimum absolute atomic E-state index is 0.0506. The summed E-state index contributed by atoms with van der Waals surface area (Å²) in [4.78, 5) is 26.6. The molecule has 3 aliphatic heterocycles. The predicted octanol–water partition coefficient (Wildman–Crippen LogP) is 2.22. The van der Waals surface area contributed by atoms with Crippen molar-refractivity contribution >= 4 is 33.2 Å². The third kappa shape index (κ3) is 4.53. The zero-order valence-corrected chi connectivity index (χ0v) is 18.7. The molecule has 0 saturated carbocycles. The molecule has 1 aromatic carbocycles. The van der Waals surface area contributed by atoms with Gasteiger partial charge in [-0.05, 0) is 19.3 Å². The number of anilines is 2. The number of nitrogens with zero attached hydrogens (tertiary/aromatic N) is 2.